The number of nitrogens with one attached hydrogen (secondary N) is 2. The molecule has 2 N–H and O–H groups in total. The van der Waals surface area contributed by atoms with E-state index in [1.807, 2.05) is 24.3 Å². The number of carbonyl (C=O) groups excluding carboxylic acids is 1. The zero-order valence-electron chi connectivity index (χ0n) is 11.2. The molecule has 1 aliphatic rings. The number of amides is 1. The summed E-state index contributed by atoms with van der Waals surface area (Å²) in [5, 5.41) is 6.10. The predicted molar refractivity (Wildman–Crippen MR) is 81.3 cm³/mol. The molecule has 0 aliphatic carbocycles. The van der Waals surface area contributed by atoms with Crippen molar-refractivity contribution in [3.05, 3.63) is 28.7 Å². The lowest BCUT2D eigenvalue weighted by Crippen LogP contribution is -2.38. The molecule has 2 rings (SSSR count). The average molecular weight is 326 g/mol. The number of hydrogen-bond donors (Lipinski definition) is 2. The Kier molecular flexibility index (Phi) is 5.36. The molecule has 0 saturated carbocycles. The minimum absolute atomic E-state index is 0.00116. The Balaban J connectivity index is 1.70. The quantitative estimate of drug-likeness (QED) is 0.871. The average Bonchev–Trinajstić information content (AvgIpc) is 2.75. The lowest BCUT2D eigenvalue weighted by molar-refractivity contribution is -0.115. The van der Waals surface area contributed by atoms with Gasteiger partial charge in [0.25, 0.3) is 0 Å². The number of carbonyl (C=O) groups is 1. The first-order valence-corrected chi connectivity index (χ1v) is 7.41. The standard InChI is InChI=1S/C14H20BrN3O/c1-18-7-3-6-13(18)9-16-10-14(19)17-12-5-2-4-11(15)8-12/h2,4-5,8,13,16H,3,6-7,9-10H2,1H3,(H,17,19). The molecule has 1 aromatic rings. The molecule has 1 unspecified atom stereocenters. The molecule has 0 spiro atoms. The van der Waals surface area contributed by atoms with Crippen molar-refractivity contribution < 1.29 is 4.79 Å². The number of likely N-dealkylation sites (tertiary alicyclic amines) is 1. The van der Waals surface area contributed by atoms with Crippen molar-refractivity contribution in [2.45, 2.75) is 18.9 Å². The van der Waals surface area contributed by atoms with Gasteiger partial charge in [-0.2, -0.15) is 0 Å². The Morgan fingerprint density at radius 2 is 2.37 bits per heavy atom. The molecule has 1 amide bonds. The molecule has 1 saturated heterocycles. The Morgan fingerprint density at radius 3 is 3.05 bits per heavy atom. The summed E-state index contributed by atoms with van der Waals surface area (Å²) < 4.78 is 0.964. The van der Waals surface area contributed by atoms with Crippen LogP contribution in [-0.4, -0.2) is 43.5 Å². The summed E-state index contributed by atoms with van der Waals surface area (Å²) >= 11 is 3.38. The number of likely N-dealkylation sites (N-methyl/N-ethyl adjacent to an activating group) is 1. The van der Waals surface area contributed by atoms with Gasteiger partial charge in [0.15, 0.2) is 0 Å². The molecular weight excluding hydrogens is 306 g/mol. The Hall–Kier alpha value is -0.910. The molecular formula is C14H20BrN3O. The first-order valence-electron chi connectivity index (χ1n) is 6.61. The smallest absolute Gasteiger partial charge is 0.238 e. The van der Waals surface area contributed by atoms with E-state index in [-0.39, 0.29) is 5.91 Å². The molecule has 5 heteroatoms. The van der Waals surface area contributed by atoms with Gasteiger partial charge in [0.1, 0.15) is 0 Å². The third kappa shape index (κ3) is 4.60. The highest BCUT2D eigenvalue weighted by atomic mass is 79.9. The molecule has 19 heavy (non-hydrogen) atoms. The number of anilines is 1. The van der Waals surface area contributed by atoms with E-state index in [0.29, 0.717) is 12.6 Å². The maximum Gasteiger partial charge on any atom is 0.238 e. The topological polar surface area (TPSA) is 44.4 Å². The summed E-state index contributed by atoms with van der Waals surface area (Å²) in [6.45, 7) is 2.40. The van der Waals surface area contributed by atoms with Gasteiger partial charge in [0.05, 0.1) is 6.54 Å². The molecule has 0 aromatic heterocycles. The lowest BCUT2D eigenvalue weighted by atomic mass is 10.2. The number of benzene rings is 1. The first kappa shape index (κ1) is 14.5. The largest absolute Gasteiger partial charge is 0.325 e. The van der Waals surface area contributed by atoms with E-state index in [4.69, 9.17) is 0 Å². The third-order valence-corrected chi connectivity index (χ3v) is 3.94. The van der Waals surface area contributed by atoms with E-state index < -0.39 is 0 Å². The van der Waals surface area contributed by atoms with Gasteiger partial charge in [-0.15, -0.1) is 0 Å². The van der Waals surface area contributed by atoms with Crippen LogP contribution in [-0.2, 0) is 4.79 Å². The Morgan fingerprint density at radius 1 is 1.53 bits per heavy atom. The second kappa shape index (κ2) is 7.03. The van der Waals surface area contributed by atoms with Gasteiger partial charge in [-0.25, -0.2) is 0 Å². The number of rotatable bonds is 5. The number of hydrogen-bond acceptors (Lipinski definition) is 3. The third-order valence-electron chi connectivity index (χ3n) is 3.45. The van der Waals surface area contributed by atoms with Crippen LogP contribution in [0.3, 0.4) is 0 Å². The Labute approximate surface area is 122 Å². The van der Waals surface area contributed by atoms with Crippen molar-refractivity contribution in [1.29, 1.82) is 0 Å². The second-order valence-electron chi connectivity index (χ2n) is 4.97. The molecule has 0 radical (unpaired) electrons. The van der Waals surface area contributed by atoms with Crippen molar-refractivity contribution in [3.8, 4) is 0 Å². The van der Waals surface area contributed by atoms with Crippen molar-refractivity contribution in [1.82, 2.24) is 10.2 Å². The monoisotopic (exact) mass is 325 g/mol. The van der Waals surface area contributed by atoms with Crippen molar-refractivity contribution in [2.75, 3.05) is 32.0 Å². The van der Waals surface area contributed by atoms with Crippen LogP contribution in [0.15, 0.2) is 28.7 Å². The normalized spacial score (nSPS) is 19.6. The summed E-state index contributed by atoms with van der Waals surface area (Å²) in [7, 11) is 2.14. The molecule has 1 atom stereocenters. The summed E-state index contributed by atoms with van der Waals surface area (Å²) in [6.07, 6.45) is 2.48. The SMILES string of the molecule is CN1CCCC1CNCC(=O)Nc1cccc(Br)c1. The molecule has 4 nitrogen and oxygen atoms in total. The number of nitrogens with zero attached hydrogens (tertiary/aromatic N) is 1. The second-order valence-corrected chi connectivity index (χ2v) is 5.88. The summed E-state index contributed by atoms with van der Waals surface area (Å²) in [6, 6.07) is 8.18. The summed E-state index contributed by atoms with van der Waals surface area (Å²) in [4.78, 5) is 14.1. The van der Waals surface area contributed by atoms with E-state index in [9.17, 15) is 4.79 Å². The maximum atomic E-state index is 11.8. The fourth-order valence-electron chi connectivity index (χ4n) is 2.36. The van der Waals surface area contributed by atoms with E-state index >= 15 is 0 Å². The van der Waals surface area contributed by atoms with E-state index in [1.165, 1.54) is 12.8 Å². The van der Waals surface area contributed by atoms with E-state index in [0.717, 1.165) is 23.2 Å². The van der Waals surface area contributed by atoms with Crippen LogP contribution in [0.25, 0.3) is 0 Å². The van der Waals surface area contributed by atoms with E-state index in [2.05, 4.69) is 38.5 Å². The van der Waals surface area contributed by atoms with Gasteiger partial charge in [-0.3, -0.25) is 4.79 Å². The lowest BCUT2D eigenvalue weighted by Gasteiger charge is -2.19. The number of halogens is 1. The van der Waals surface area contributed by atoms with Gasteiger partial charge < -0.3 is 15.5 Å². The van der Waals surface area contributed by atoms with Crippen LogP contribution in [0.1, 0.15) is 12.8 Å². The molecule has 104 valence electrons. The highest BCUT2D eigenvalue weighted by Crippen LogP contribution is 2.15. The molecule has 1 aliphatic heterocycles. The highest BCUT2D eigenvalue weighted by Gasteiger charge is 2.20. The first-order chi connectivity index (χ1) is 9.15. The highest BCUT2D eigenvalue weighted by molar-refractivity contribution is 9.10. The van der Waals surface area contributed by atoms with Crippen molar-refractivity contribution >= 4 is 27.5 Å². The van der Waals surface area contributed by atoms with Crippen LogP contribution in [0.5, 0.6) is 0 Å². The zero-order chi connectivity index (χ0) is 13.7. The van der Waals surface area contributed by atoms with Crippen LogP contribution in [0.4, 0.5) is 5.69 Å². The van der Waals surface area contributed by atoms with Gasteiger partial charge in [0.2, 0.25) is 5.91 Å². The molecule has 1 fully saturated rings. The van der Waals surface area contributed by atoms with Gasteiger partial charge in [0, 0.05) is 22.7 Å². The van der Waals surface area contributed by atoms with Crippen LogP contribution < -0.4 is 10.6 Å². The fourth-order valence-corrected chi connectivity index (χ4v) is 2.76. The zero-order valence-corrected chi connectivity index (χ0v) is 12.7. The Bertz CT molecular complexity index is 438. The van der Waals surface area contributed by atoms with Crippen LogP contribution in [0.2, 0.25) is 0 Å². The van der Waals surface area contributed by atoms with Crippen LogP contribution in [0, 0.1) is 0 Å². The van der Waals surface area contributed by atoms with Crippen LogP contribution >= 0.6 is 15.9 Å². The predicted octanol–water partition coefficient (Wildman–Crippen LogP) is 2.07. The van der Waals surface area contributed by atoms with Gasteiger partial charge >= 0.3 is 0 Å². The van der Waals surface area contributed by atoms with E-state index in [1.54, 1.807) is 0 Å². The maximum absolute atomic E-state index is 11.8. The fraction of sp³-hybridized carbons (Fsp3) is 0.500. The minimum atomic E-state index is -0.00116. The summed E-state index contributed by atoms with van der Waals surface area (Å²) in [5.74, 6) is -0.00116. The summed E-state index contributed by atoms with van der Waals surface area (Å²) in [5.41, 5.74) is 0.819. The van der Waals surface area contributed by atoms with Gasteiger partial charge in [-0.1, -0.05) is 22.0 Å². The molecule has 0 bridgehead atoms. The molecule has 1 aromatic carbocycles. The van der Waals surface area contributed by atoms with Crippen molar-refractivity contribution in [2.24, 2.45) is 0 Å². The van der Waals surface area contributed by atoms with Gasteiger partial charge in [-0.05, 0) is 44.6 Å². The van der Waals surface area contributed by atoms with Crippen molar-refractivity contribution in [3.63, 3.8) is 0 Å². The minimum Gasteiger partial charge on any atom is -0.325 e. The molecule has 1 heterocycles.